The molecule has 2 N–H and O–H groups in total. The number of alkyl halides is 2. The zero-order chi connectivity index (χ0) is 20.1. The van der Waals surface area contributed by atoms with E-state index in [0.29, 0.717) is 11.6 Å². The summed E-state index contributed by atoms with van der Waals surface area (Å²) >= 11 is 0. The van der Waals surface area contributed by atoms with Gasteiger partial charge >= 0.3 is 6.61 Å². The molecule has 0 spiro atoms. The van der Waals surface area contributed by atoms with Crippen LogP contribution in [0.15, 0.2) is 48.5 Å². The predicted octanol–water partition coefficient (Wildman–Crippen LogP) is 4.20. The number of piperidine rings is 1. The number of ether oxygens (including phenoxy) is 1. The molecule has 2 aromatic rings. The van der Waals surface area contributed by atoms with Crippen molar-refractivity contribution in [2.45, 2.75) is 38.3 Å². The van der Waals surface area contributed by atoms with E-state index in [4.69, 9.17) is 0 Å². The van der Waals surface area contributed by atoms with Crippen LogP contribution in [0.1, 0.15) is 31.2 Å². The van der Waals surface area contributed by atoms with Crippen molar-refractivity contribution in [3.05, 3.63) is 54.1 Å². The summed E-state index contributed by atoms with van der Waals surface area (Å²) in [6.07, 6.45) is 1.89. The lowest BCUT2D eigenvalue weighted by Crippen LogP contribution is -2.45. The fraction of sp³-hybridized carbons (Fsp3) is 0.381. The number of phenols is 1. The number of phenolic OH excluding ortho intramolecular Hbond substituents is 1. The third kappa shape index (κ3) is 5.19. The van der Waals surface area contributed by atoms with E-state index in [1.807, 2.05) is 19.1 Å². The second-order valence-corrected chi connectivity index (χ2v) is 6.97. The van der Waals surface area contributed by atoms with E-state index in [1.165, 1.54) is 17.7 Å². The van der Waals surface area contributed by atoms with Crippen LogP contribution >= 0.6 is 0 Å². The Morgan fingerprint density at radius 3 is 2.29 bits per heavy atom. The van der Waals surface area contributed by atoms with Gasteiger partial charge in [0.1, 0.15) is 11.5 Å². The van der Waals surface area contributed by atoms with Gasteiger partial charge in [0.25, 0.3) is 0 Å². The van der Waals surface area contributed by atoms with Crippen molar-refractivity contribution in [2.24, 2.45) is 0 Å². The summed E-state index contributed by atoms with van der Waals surface area (Å²) < 4.78 is 28.7. The second kappa shape index (κ2) is 9.01. The average molecular weight is 390 g/mol. The highest BCUT2D eigenvalue weighted by Crippen LogP contribution is 2.30. The van der Waals surface area contributed by atoms with Gasteiger partial charge in [-0.25, -0.2) is 0 Å². The minimum Gasteiger partial charge on any atom is -0.508 e. The Bertz CT molecular complexity index is 773. The van der Waals surface area contributed by atoms with Crippen LogP contribution in [-0.4, -0.2) is 41.7 Å². The van der Waals surface area contributed by atoms with E-state index in [1.54, 1.807) is 24.3 Å². The summed E-state index contributed by atoms with van der Waals surface area (Å²) in [6.45, 7) is 0.609. The van der Waals surface area contributed by atoms with Crippen molar-refractivity contribution < 1.29 is 23.4 Å². The number of halogens is 2. The Hall–Kier alpha value is -2.67. The molecule has 1 fully saturated rings. The summed E-state index contributed by atoms with van der Waals surface area (Å²) in [7, 11) is 0. The van der Waals surface area contributed by atoms with Crippen molar-refractivity contribution in [1.29, 1.82) is 0 Å². The minimum atomic E-state index is -2.87. The van der Waals surface area contributed by atoms with Crippen molar-refractivity contribution in [2.75, 3.05) is 18.4 Å². The van der Waals surface area contributed by atoms with Gasteiger partial charge in [-0.2, -0.15) is 8.78 Å². The first-order chi connectivity index (χ1) is 13.4. The Kier molecular flexibility index (Phi) is 6.46. The maximum absolute atomic E-state index is 12.5. The Morgan fingerprint density at radius 1 is 1.11 bits per heavy atom. The quantitative estimate of drug-likeness (QED) is 0.776. The molecule has 0 saturated carbocycles. The van der Waals surface area contributed by atoms with Gasteiger partial charge in [0.2, 0.25) is 5.91 Å². The van der Waals surface area contributed by atoms with Gasteiger partial charge in [-0.1, -0.05) is 12.1 Å². The third-order valence-corrected chi connectivity index (χ3v) is 5.17. The first kappa shape index (κ1) is 20.1. The number of hydrogen-bond donors (Lipinski definition) is 2. The molecular formula is C21H24F2N2O3. The highest BCUT2D eigenvalue weighted by molar-refractivity contribution is 5.94. The largest absolute Gasteiger partial charge is 0.508 e. The number of likely N-dealkylation sites (tertiary alicyclic amines) is 1. The summed E-state index contributed by atoms with van der Waals surface area (Å²) in [5, 5.41) is 12.2. The monoisotopic (exact) mass is 390 g/mol. The van der Waals surface area contributed by atoms with Gasteiger partial charge in [0.05, 0.1) is 6.04 Å². The summed E-state index contributed by atoms with van der Waals surface area (Å²) in [4.78, 5) is 14.7. The van der Waals surface area contributed by atoms with Crippen molar-refractivity contribution in [1.82, 2.24) is 4.90 Å². The molecule has 1 saturated heterocycles. The number of amides is 1. The molecule has 2 aromatic carbocycles. The third-order valence-electron chi connectivity index (χ3n) is 5.17. The molecule has 1 atom stereocenters. The van der Waals surface area contributed by atoms with Gasteiger partial charge in [-0.15, -0.1) is 0 Å². The first-order valence-corrected chi connectivity index (χ1v) is 9.31. The lowest BCUT2D eigenvalue weighted by atomic mass is 9.89. The number of rotatable bonds is 6. The lowest BCUT2D eigenvalue weighted by molar-refractivity contribution is -0.121. The average Bonchev–Trinajstić information content (AvgIpc) is 2.69. The number of carbonyl (C=O) groups excluding carboxylic acids is 1. The molecular weight excluding hydrogens is 366 g/mol. The molecule has 3 rings (SSSR count). The van der Waals surface area contributed by atoms with E-state index < -0.39 is 6.61 Å². The summed E-state index contributed by atoms with van der Waals surface area (Å²) in [5.41, 5.74) is 1.75. The molecule has 28 heavy (non-hydrogen) atoms. The highest BCUT2D eigenvalue weighted by atomic mass is 19.3. The molecule has 150 valence electrons. The van der Waals surface area contributed by atoms with Gasteiger partial charge in [-0.05, 0) is 80.7 Å². The molecule has 0 aliphatic carbocycles. The van der Waals surface area contributed by atoms with Crippen LogP contribution in [0.4, 0.5) is 14.5 Å². The zero-order valence-electron chi connectivity index (χ0n) is 15.6. The van der Waals surface area contributed by atoms with E-state index in [-0.39, 0.29) is 23.4 Å². The summed E-state index contributed by atoms with van der Waals surface area (Å²) in [5.74, 6) is 0.609. The van der Waals surface area contributed by atoms with Crippen LogP contribution in [0, 0.1) is 0 Å². The summed E-state index contributed by atoms with van der Waals surface area (Å²) in [6, 6.07) is 12.9. The second-order valence-electron chi connectivity index (χ2n) is 6.97. The molecule has 0 aromatic heterocycles. The molecule has 7 heteroatoms. The molecule has 1 aliphatic heterocycles. The Labute approximate surface area is 162 Å². The van der Waals surface area contributed by atoms with Gasteiger partial charge in [-0.3, -0.25) is 9.69 Å². The fourth-order valence-corrected chi connectivity index (χ4v) is 3.50. The van der Waals surface area contributed by atoms with Crippen LogP contribution in [0.25, 0.3) is 0 Å². The normalized spacial score (nSPS) is 16.7. The minimum absolute atomic E-state index is 0.0531. The smallest absolute Gasteiger partial charge is 0.387 e. The number of benzene rings is 2. The fourth-order valence-electron chi connectivity index (χ4n) is 3.50. The molecule has 0 bridgehead atoms. The number of hydrogen-bond acceptors (Lipinski definition) is 4. The molecule has 1 unspecified atom stereocenters. The molecule has 1 heterocycles. The molecule has 5 nitrogen and oxygen atoms in total. The number of carbonyl (C=O) groups is 1. The van der Waals surface area contributed by atoms with E-state index in [0.717, 1.165) is 25.9 Å². The van der Waals surface area contributed by atoms with Gasteiger partial charge in [0.15, 0.2) is 0 Å². The molecule has 1 amide bonds. The first-order valence-electron chi connectivity index (χ1n) is 9.31. The van der Waals surface area contributed by atoms with E-state index >= 15 is 0 Å². The van der Waals surface area contributed by atoms with Crippen molar-refractivity contribution >= 4 is 11.6 Å². The SMILES string of the molecule is CC(C(=O)Nc1ccc(OC(F)F)cc1)N1CCC(c2ccc(O)cc2)CC1. The Morgan fingerprint density at radius 2 is 1.71 bits per heavy atom. The molecule has 1 aliphatic rings. The maximum atomic E-state index is 12.5. The highest BCUT2D eigenvalue weighted by Gasteiger charge is 2.27. The van der Waals surface area contributed by atoms with Crippen molar-refractivity contribution in [3.8, 4) is 11.5 Å². The number of nitrogens with zero attached hydrogens (tertiary/aromatic N) is 1. The Balaban J connectivity index is 1.50. The van der Waals surface area contributed by atoms with Crippen molar-refractivity contribution in [3.63, 3.8) is 0 Å². The van der Waals surface area contributed by atoms with Crippen LogP contribution in [0.2, 0.25) is 0 Å². The van der Waals surface area contributed by atoms with Gasteiger partial charge in [0, 0.05) is 5.69 Å². The van der Waals surface area contributed by atoms with E-state index in [2.05, 4.69) is 15.0 Å². The van der Waals surface area contributed by atoms with Gasteiger partial charge < -0.3 is 15.2 Å². The van der Waals surface area contributed by atoms with Crippen LogP contribution in [-0.2, 0) is 4.79 Å². The van der Waals surface area contributed by atoms with Crippen LogP contribution < -0.4 is 10.1 Å². The van der Waals surface area contributed by atoms with Crippen LogP contribution in [0.3, 0.4) is 0 Å². The molecule has 0 radical (unpaired) electrons. The number of nitrogens with one attached hydrogen (secondary N) is 1. The van der Waals surface area contributed by atoms with E-state index in [9.17, 15) is 18.7 Å². The van der Waals surface area contributed by atoms with Crippen LogP contribution in [0.5, 0.6) is 11.5 Å². The standard InChI is InChI=1S/C21H24F2N2O3/c1-14(20(27)24-17-4-8-19(9-5-17)28-21(22)23)25-12-10-16(11-13-25)15-2-6-18(26)7-3-15/h2-9,14,16,21,26H,10-13H2,1H3,(H,24,27). The zero-order valence-corrected chi connectivity index (χ0v) is 15.6. The number of aromatic hydroxyl groups is 1. The topological polar surface area (TPSA) is 61.8 Å². The predicted molar refractivity (Wildman–Crippen MR) is 103 cm³/mol. The maximum Gasteiger partial charge on any atom is 0.387 e. The number of anilines is 1. The lowest BCUT2D eigenvalue weighted by Gasteiger charge is -2.35.